The summed E-state index contributed by atoms with van der Waals surface area (Å²) in [5, 5.41) is 5.79. The Hall–Kier alpha value is -1.44. The molecule has 0 saturated carbocycles. The Morgan fingerprint density at radius 1 is 1.25 bits per heavy atom. The van der Waals surface area contributed by atoms with E-state index in [1.165, 1.54) is 0 Å². The summed E-state index contributed by atoms with van der Waals surface area (Å²) in [5.41, 5.74) is -0.494. The van der Waals surface area contributed by atoms with Crippen LogP contribution < -0.4 is 10.6 Å². The number of rotatable bonds is 3. The zero-order valence-electron chi connectivity index (χ0n) is 14.9. The predicted molar refractivity (Wildman–Crippen MR) is 94.6 cm³/mol. The van der Waals surface area contributed by atoms with Gasteiger partial charge in [0.1, 0.15) is 6.04 Å². The molecule has 2 aliphatic heterocycles. The highest BCUT2D eigenvalue weighted by Gasteiger charge is 2.40. The second-order valence-corrected chi connectivity index (χ2v) is 8.32. The van der Waals surface area contributed by atoms with Crippen LogP contribution in [0.5, 0.6) is 0 Å². The SMILES string of the molecule is CCNC(=O)N1CC[C@@H](NC(=O)[C@H]2CSCN2C(=O)C(C)(C)C)C1. The van der Waals surface area contributed by atoms with E-state index < -0.39 is 11.5 Å². The van der Waals surface area contributed by atoms with Gasteiger partial charge >= 0.3 is 6.03 Å². The van der Waals surface area contributed by atoms with Crippen LogP contribution in [0.2, 0.25) is 0 Å². The Kier molecular flexibility index (Phi) is 6.01. The number of hydrogen-bond acceptors (Lipinski definition) is 4. The molecule has 2 saturated heterocycles. The van der Waals surface area contributed by atoms with Crippen molar-refractivity contribution in [2.45, 2.75) is 46.2 Å². The topological polar surface area (TPSA) is 81.8 Å². The molecular formula is C16H28N4O3S. The third kappa shape index (κ3) is 4.34. The predicted octanol–water partition coefficient (Wildman–Crippen LogP) is 0.854. The standard InChI is InChI=1S/C16H28N4O3S/c1-5-17-15(23)19-7-6-11(8-19)18-13(21)12-9-24-10-20(12)14(22)16(2,3)4/h11-12H,5-10H2,1-4H3,(H,17,23)(H,18,21)/t11-,12-/m1/s1. The van der Waals surface area contributed by atoms with Gasteiger partial charge in [0.2, 0.25) is 11.8 Å². The summed E-state index contributed by atoms with van der Waals surface area (Å²) in [6.45, 7) is 9.24. The Labute approximate surface area is 147 Å². The average Bonchev–Trinajstić information content (AvgIpc) is 3.14. The molecule has 0 bridgehead atoms. The Balaban J connectivity index is 1.90. The van der Waals surface area contributed by atoms with E-state index >= 15 is 0 Å². The van der Waals surface area contributed by atoms with Crippen molar-refractivity contribution in [2.24, 2.45) is 5.41 Å². The summed E-state index contributed by atoms with van der Waals surface area (Å²) in [6.07, 6.45) is 0.746. The minimum atomic E-state index is -0.494. The first-order chi connectivity index (χ1) is 11.2. The number of urea groups is 1. The van der Waals surface area contributed by atoms with Crippen LogP contribution in [0.25, 0.3) is 0 Å². The third-order valence-electron chi connectivity index (χ3n) is 4.24. The first kappa shape index (κ1) is 18.9. The van der Waals surface area contributed by atoms with E-state index in [1.54, 1.807) is 21.6 Å². The molecule has 7 nitrogen and oxygen atoms in total. The van der Waals surface area contributed by atoms with Crippen LogP contribution in [0, 0.1) is 5.41 Å². The summed E-state index contributed by atoms with van der Waals surface area (Å²) in [4.78, 5) is 40.3. The maximum absolute atomic E-state index is 12.6. The van der Waals surface area contributed by atoms with Gasteiger partial charge in [0.25, 0.3) is 0 Å². The van der Waals surface area contributed by atoms with Gasteiger partial charge < -0.3 is 20.4 Å². The number of hydrogen-bond donors (Lipinski definition) is 2. The first-order valence-corrected chi connectivity index (χ1v) is 9.61. The fraction of sp³-hybridized carbons (Fsp3) is 0.812. The Morgan fingerprint density at radius 3 is 2.58 bits per heavy atom. The number of thioether (sulfide) groups is 1. The maximum atomic E-state index is 12.6. The summed E-state index contributed by atoms with van der Waals surface area (Å²) >= 11 is 1.60. The van der Waals surface area contributed by atoms with Crippen molar-refractivity contribution >= 4 is 29.6 Å². The summed E-state index contributed by atoms with van der Waals surface area (Å²) in [7, 11) is 0. The second-order valence-electron chi connectivity index (χ2n) is 7.32. The lowest BCUT2D eigenvalue weighted by Gasteiger charge is -2.30. The summed E-state index contributed by atoms with van der Waals surface area (Å²) < 4.78 is 0. The first-order valence-electron chi connectivity index (χ1n) is 8.46. The quantitative estimate of drug-likeness (QED) is 0.786. The highest BCUT2D eigenvalue weighted by molar-refractivity contribution is 7.99. The number of amides is 4. The number of carbonyl (C=O) groups is 3. The molecule has 4 amide bonds. The fourth-order valence-electron chi connectivity index (χ4n) is 2.91. The van der Waals surface area contributed by atoms with E-state index in [2.05, 4.69) is 10.6 Å². The molecule has 0 aromatic heterocycles. The van der Waals surface area contributed by atoms with Gasteiger partial charge in [-0.15, -0.1) is 11.8 Å². The molecule has 8 heteroatoms. The molecule has 136 valence electrons. The largest absolute Gasteiger partial charge is 0.350 e. The Bertz CT molecular complexity index is 506. The molecular weight excluding hydrogens is 328 g/mol. The highest BCUT2D eigenvalue weighted by atomic mass is 32.2. The van der Waals surface area contributed by atoms with Crippen LogP contribution in [0.15, 0.2) is 0 Å². The van der Waals surface area contributed by atoms with Crippen LogP contribution in [-0.4, -0.2) is 71.0 Å². The molecule has 2 aliphatic rings. The summed E-state index contributed by atoms with van der Waals surface area (Å²) in [6, 6.07) is -0.548. The van der Waals surface area contributed by atoms with Gasteiger partial charge in [-0.3, -0.25) is 9.59 Å². The van der Waals surface area contributed by atoms with E-state index in [9.17, 15) is 14.4 Å². The van der Waals surface area contributed by atoms with Gasteiger partial charge in [-0.25, -0.2) is 4.79 Å². The zero-order valence-corrected chi connectivity index (χ0v) is 15.7. The van der Waals surface area contributed by atoms with Crippen molar-refractivity contribution in [1.29, 1.82) is 0 Å². The highest BCUT2D eigenvalue weighted by Crippen LogP contribution is 2.27. The maximum Gasteiger partial charge on any atom is 0.317 e. The fourth-order valence-corrected chi connectivity index (χ4v) is 4.07. The molecule has 0 spiro atoms. The van der Waals surface area contributed by atoms with Crippen molar-refractivity contribution in [1.82, 2.24) is 20.4 Å². The van der Waals surface area contributed by atoms with Crippen LogP contribution >= 0.6 is 11.8 Å². The van der Waals surface area contributed by atoms with Gasteiger partial charge in [0.15, 0.2) is 0 Å². The molecule has 0 radical (unpaired) electrons. The lowest BCUT2D eigenvalue weighted by molar-refractivity contribution is -0.144. The number of carbonyl (C=O) groups excluding carboxylic acids is 3. The number of nitrogens with zero attached hydrogens (tertiary/aromatic N) is 2. The van der Waals surface area contributed by atoms with E-state index in [0.717, 1.165) is 6.42 Å². The van der Waals surface area contributed by atoms with Crippen molar-refractivity contribution in [2.75, 3.05) is 31.3 Å². The molecule has 0 aromatic rings. The van der Waals surface area contributed by atoms with Crippen LogP contribution in [0.3, 0.4) is 0 Å². The monoisotopic (exact) mass is 356 g/mol. The van der Waals surface area contributed by atoms with Crippen molar-refractivity contribution in [3.8, 4) is 0 Å². The second kappa shape index (κ2) is 7.63. The molecule has 2 rings (SSSR count). The molecule has 2 fully saturated rings. The van der Waals surface area contributed by atoms with E-state index in [4.69, 9.17) is 0 Å². The van der Waals surface area contributed by atoms with Gasteiger partial charge in [0, 0.05) is 36.8 Å². The van der Waals surface area contributed by atoms with E-state index in [-0.39, 0.29) is 23.9 Å². The number of nitrogens with one attached hydrogen (secondary N) is 2. The minimum Gasteiger partial charge on any atom is -0.350 e. The summed E-state index contributed by atoms with van der Waals surface area (Å²) in [5.74, 6) is 1.08. The van der Waals surface area contributed by atoms with Gasteiger partial charge in [0.05, 0.1) is 5.88 Å². The van der Waals surface area contributed by atoms with Gasteiger partial charge in [-0.2, -0.15) is 0 Å². The van der Waals surface area contributed by atoms with Crippen molar-refractivity contribution in [3.63, 3.8) is 0 Å². The van der Waals surface area contributed by atoms with Crippen LogP contribution in [-0.2, 0) is 9.59 Å². The lowest BCUT2D eigenvalue weighted by Crippen LogP contribution is -2.52. The molecule has 2 N–H and O–H groups in total. The van der Waals surface area contributed by atoms with Crippen LogP contribution in [0.1, 0.15) is 34.1 Å². The zero-order chi connectivity index (χ0) is 17.9. The molecule has 0 aromatic carbocycles. The lowest BCUT2D eigenvalue weighted by atomic mass is 9.94. The average molecular weight is 356 g/mol. The van der Waals surface area contributed by atoms with Gasteiger partial charge in [-0.05, 0) is 13.3 Å². The number of likely N-dealkylation sites (tertiary alicyclic amines) is 1. The molecule has 0 aliphatic carbocycles. The smallest absolute Gasteiger partial charge is 0.317 e. The molecule has 24 heavy (non-hydrogen) atoms. The Morgan fingerprint density at radius 2 is 1.96 bits per heavy atom. The van der Waals surface area contributed by atoms with Gasteiger partial charge in [-0.1, -0.05) is 20.8 Å². The van der Waals surface area contributed by atoms with Crippen molar-refractivity contribution in [3.05, 3.63) is 0 Å². The molecule has 0 unspecified atom stereocenters. The van der Waals surface area contributed by atoms with Crippen LogP contribution in [0.4, 0.5) is 4.79 Å². The minimum absolute atomic E-state index is 0.00280. The molecule has 2 atom stereocenters. The third-order valence-corrected chi connectivity index (χ3v) is 5.25. The van der Waals surface area contributed by atoms with Crippen molar-refractivity contribution < 1.29 is 14.4 Å². The normalized spacial score (nSPS) is 24.2. The van der Waals surface area contributed by atoms with E-state index in [0.29, 0.717) is 31.3 Å². The molecule has 2 heterocycles. The van der Waals surface area contributed by atoms with E-state index in [1.807, 2.05) is 27.7 Å².